The molecule has 1 aromatic carbocycles. The fraction of sp³-hybridized carbons (Fsp3) is 0.385. The number of benzene rings is 1. The normalized spacial score (nSPS) is 22.7. The number of hydrogen-bond donors (Lipinski definition) is 1. The van der Waals surface area contributed by atoms with E-state index in [9.17, 15) is 9.59 Å². The molecule has 0 bridgehead atoms. The number of imide groups is 1. The average Bonchev–Trinajstić information content (AvgIpc) is 2.94. The third-order valence-corrected chi connectivity index (χ3v) is 3.44. The third-order valence-electron chi connectivity index (χ3n) is 3.44. The molecule has 1 saturated heterocycles. The van der Waals surface area contributed by atoms with Gasteiger partial charge in [0.1, 0.15) is 0 Å². The lowest BCUT2D eigenvalue weighted by atomic mass is 10.1. The quantitative estimate of drug-likeness (QED) is 0.625. The van der Waals surface area contributed by atoms with Crippen molar-refractivity contribution >= 4 is 17.5 Å². The zero-order valence-electron chi connectivity index (χ0n) is 9.89. The molecule has 5 heteroatoms. The van der Waals surface area contributed by atoms with Gasteiger partial charge in [-0.1, -0.05) is 6.07 Å². The van der Waals surface area contributed by atoms with Crippen molar-refractivity contribution in [3.63, 3.8) is 0 Å². The number of rotatable bonds is 2. The number of amides is 2. The molecular weight excluding hydrogens is 232 g/mol. The Hall–Kier alpha value is -1.88. The summed E-state index contributed by atoms with van der Waals surface area (Å²) in [4.78, 5) is 25.6. The lowest BCUT2D eigenvalue weighted by molar-refractivity contribution is 0.0476. The minimum atomic E-state index is -0.302. The molecular formula is C13H14N2O3. The van der Waals surface area contributed by atoms with Gasteiger partial charge in [0.25, 0.3) is 11.8 Å². The molecule has 0 saturated carbocycles. The fourth-order valence-corrected chi connectivity index (χ4v) is 2.52. The van der Waals surface area contributed by atoms with Gasteiger partial charge in [-0.2, -0.15) is 0 Å². The number of fused-ring (bicyclic) bond motifs is 1. The molecule has 1 atom stereocenters. The minimum absolute atomic E-state index is 0.0339. The summed E-state index contributed by atoms with van der Waals surface area (Å²) in [6.07, 6.45) is 1.84. The molecule has 2 aliphatic rings. The fourth-order valence-electron chi connectivity index (χ4n) is 2.52. The van der Waals surface area contributed by atoms with Gasteiger partial charge in [-0.15, -0.1) is 0 Å². The molecule has 1 fully saturated rings. The Morgan fingerprint density at radius 1 is 1.33 bits per heavy atom. The lowest BCUT2D eigenvalue weighted by Crippen LogP contribution is -2.36. The first-order valence-corrected chi connectivity index (χ1v) is 6.05. The van der Waals surface area contributed by atoms with Crippen LogP contribution in [0.1, 0.15) is 33.6 Å². The number of anilines is 1. The van der Waals surface area contributed by atoms with Crippen LogP contribution in [0.4, 0.5) is 5.69 Å². The van der Waals surface area contributed by atoms with Crippen LogP contribution in [0.3, 0.4) is 0 Å². The number of carbonyl (C=O) groups excluding carboxylic acids is 2. The van der Waals surface area contributed by atoms with Gasteiger partial charge in [-0.25, -0.2) is 0 Å². The van der Waals surface area contributed by atoms with Gasteiger partial charge in [0.15, 0.2) is 0 Å². The van der Waals surface area contributed by atoms with E-state index in [0.29, 0.717) is 30.0 Å². The van der Waals surface area contributed by atoms with E-state index in [1.807, 2.05) is 0 Å². The van der Waals surface area contributed by atoms with E-state index < -0.39 is 0 Å². The molecule has 2 amide bonds. The first kappa shape index (κ1) is 11.2. The molecule has 3 rings (SSSR count). The molecule has 5 nitrogen and oxygen atoms in total. The first-order valence-electron chi connectivity index (χ1n) is 6.05. The standard InChI is InChI=1S/C13H14N2O3/c14-10-5-1-4-9-11(10)13(17)15(12(9)16)7-8-3-2-6-18-8/h1,4-5,8H,2-3,6-7,14H2. The summed E-state index contributed by atoms with van der Waals surface area (Å²) in [5, 5.41) is 0. The zero-order valence-corrected chi connectivity index (χ0v) is 9.89. The maximum absolute atomic E-state index is 12.2. The lowest BCUT2D eigenvalue weighted by Gasteiger charge is -2.18. The zero-order chi connectivity index (χ0) is 12.7. The van der Waals surface area contributed by atoms with Crippen molar-refractivity contribution in [3.05, 3.63) is 29.3 Å². The highest BCUT2D eigenvalue weighted by Crippen LogP contribution is 2.28. The summed E-state index contributed by atoms with van der Waals surface area (Å²) in [5.41, 5.74) is 6.86. The monoisotopic (exact) mass is 246 g/mol. The van der Waals surface area contributed by atoms with E-state index in [1.54, 1.807) is 18.2 Å². The van der Waals surface area contributed by atoms with Gasteiger partial charge < -0.3 is 10.5 Å². The van der Waals surface area contributed by atoms with Crippen LogP contribution >= 0.6 is 0 Å². The van der Waals surface area contributed by atoms with Gasteiger partial charge in [0.2, 0.25) is 0 Å². The molecule has 94 valence electrons. The Labute approximate surface area is 105 Å². The third kappa shape index (κ3) is 1.59. The summed E-state index contributed by atoms with van der Waals surface area (Å²) in [6.45, 7) is 1.03. The predicted octanol–water partition coefficient (Wildman–Crippen LogP) is 1.04. The van der Waals surface area contributed by atoms with Crippen LogP contribution in [0.25, 0.3) is 0 Å². The Morgan fingerprint density at radius 2 is 2.17 bits per heavy atom. The Kier molecular flexibility index (Phi) is 2.56. The van der Waals surface area contributed by atoms with Crippen LogP contribution in [-0.4, -0.2) is 36.0 Å². The van der Waals surface area contributed by atoms with E-state index in [1.165, 1.54) is 4.90 Å². The molecule has 2 aliphatic heterocycles. The summed E-state index contributed by atoms with van der Waals surface area (Å²) in [5.74, 6) is -0.568. The van der Waals surface area contributed by atoms with Crippen molar-refractivity contribution in [2.24, 2.45) is 0 Å². The highest BCUT2D eigenvalue weighted by Gasteiger charge is 2.38. The molecule has 2 heterocycles. The van der Waals surface area contributed by atoms with E-state index in [2.05, 4.69) is 0 Å². The Balaban J connectivity index is 1.89. The highest BCUT2D eigenvalue weighted by atomic mass is 16.5. The van der Waals surface area contributed by atoms with Gasteiger partial charge >= 0.3 is 0 Å². The number of ether oxygens (including phenoxy) is 1. The van der Waals surface area contributed by atoms with Gasteiger partial charge in [-0.05, 0) is 25.0 Å². The molecule has 1 aromatic rings. The number of hydrogen-bond acceptors (Lipinski definition) is 4. The second-order valence-corrected chi connectivity index (χ2v) is 4.63. The summed E-state index contributed by atoms with van der Waals surface area (Å²) in [7, 11) is 0. The van der Waals surface area contributed by atoms with E-state index in [-0.39, 0.29) is 17.9 Å². The van der Waals surface area contributed by atoms with Crippen molar-refractivity contribution in [3.8, 4) is 0 Å². The number of nitrogens with two attached hydrogens (primary N) is 1. The van der Waals surface area contributed by atoms with Gasteiger partial charge in [0.05, 0.1) is 23.8 Å². The van der Waals surface area contributed by atoms with Crippen molar-refractivity contribution in [2.45, 2.75) is 18.9 Å². The van der Waals surface area contributed by atoms with Gasteiger partial charge in [0, 0.05) is 12.3 Å². The summed E-state index contributed by atoms with van der Waals surface area (Å²) >= 11 is 0. The second-order valence-electron chi connectivity index (χ2n) is 4.63. The molecule has 0 aromatic heterocycles. The number of carbonyl (C=O) groups is 2. The van der Waals surface area contributed by atoms with Crippen LogP contribution in [0.15, 0.2) is 18.2 Å². The van der Waals surface area contributed by atoms with Crippen molar-refractivity contribution < 1.29 is 14.3 Å². The maximum Gasteiger partial charge on any atom is 0.263 e. The number of nitrogen functional groups attached to an aromatic ring is 1. The molecule has 0 aliphatic carbocycles. The largest absolute Gasteiger partial charge is 0.398 e. The second kappa shape index (κ2) is 4.10. The van der Waals surface area contributed by atoms with Crippen LogP contribution < -0.4 is 5.73 Å². The molecule has 2 N–H and O–H groups in total. The van der Waals surface area contributed by atoms with E-state index >= 15 is 0 Å². The first-order chi connectivity index (χ1) is 8.68. The molecule has 0 radical (unpaired) electrons. The molecule has 18 heavy (non-hydrogen) atoms. The van der Waals surface area contributed by atoms with Crippen LogP contribution in [-0.2, 0) is 4.74 Å². The van der Waals surface area contributed by atoms with Crippen molar-refractivity contribution in [1.82, 2.24) is 4.90 Å². The average molecular weight is 246 g/mol. The topological polar surface area (TPSA) is 72.6 Å². The smallest absolute Gasteiger partial charge is 0.263 e. The maximum atomic E-state index is 12.2. The molecule has 1 unspecified atom stereocenters. The summed E-state index contributed by atoms with van der Waals surface area (Å²) < 4.78 is 5.46. The minimum Gasteiger partial charge on any atom is -0.398 e. The summed E-state index contributed by atoms with van der Waals surface area (Å²) in [6, 6.07) is 4.97. The van der Waals surface area contributed by atoms with Crippen molar-refractivity contribution in [1.29, 1.82) is 0 Å². The predicted molar refractivity (Wildman–Crippen MR) is 65.2 cm³/mol. The van der Waals surface area contributed by atoms with Crippen LogP contribution in [0, 0.1) is 0 Å². The van der Waals surface area contributed by atoms with Gasteiger partial charge in [-0.3, -0.25) is 14.5 Å². The Bertz CT molecular complexity index is 521. The molecule has 0 spiro atoms. The van der Waals surface area contributed by atoms with Crippen molar-refractivity contribution in [2.75, 3.05) is 18.9 Å². The van der Waals surface area contributed by atoms with Crippen LogP contribution in [0.2, 0.25) is 0 Å². The van der Waals surface area contributed by atoms with Crippen LogP contribution in [0.5, 0.6) is 0 Å². The van der Waals surface area contributed by atoms with E-state index in [0.717, 1.165) is 12.8 Å². The highest BCUT2D eigenvalue weighted by molar-refractivity contribution is 6.23. The number of nitrogens with zero attached hydrogens (tertiary/aromatic N) is 1. The van der Waals surface area contributed by atoms with E-state index in [4.69, 9.17) is 10.5 Å². The SMILES string of the molecule is Nc1cccc2c1C(=O)N(CC1CCCO1)C2=O. The Morgan fingerprint density at radius 3 is 2.83 bits per heavy atom.